The van der Waals surface area contributed by atoms with Crippen LogP contribution < -0.4 is 5.32 Å². The minimum atomic E-state index is 0. The first-order valence-corrected chi connectivity index (χ1v) is 5.22. The van der Waals surface area contributed by atoms with E-state index in [-0.39, 0.29) is 12.4 Å². The zero-order valence-corrected chi connectivity index (χ0v) is 10.1. The molecule has 0 unspecified atom stereocenters. The van der Waals surface area contributed by atoms with Gasteiger partial charge in [0.05, 0.1) is 12.2 Å². The summed E-state index contributed by atoms with van der Waals surface area (Å²) in [5.41, 5.74) is 0. The smallest absolute Gasteiger partial charge is 0.119 e. The molecule has 1 aliphatic rings. The van der Waals surface area contributed by atoms with Crippen LogP contribution in [0, 0.1) is 3.70 Å². The Balaban J connectivity index is 0.000000845. The maximum atomic E-state index is 4.07. The van der Waals surface area contributed by atoms with Crippen molar-refractivity contribution in [2.75, 3.05) is 13.1 Å². The largest absolute Gasteiger partial charge is 0.317 e. The highest BCUT2D eigenvalue weighted by Crippen LogP contribution is 2.19. The molecule has 0 spiro atoms. The van der Waals surface area contributed by atoms with Gasteiger partial charge in [0.1, 0.15) is 3.70 Å². The molecule has 6 heteroatoms. The van der Waals surface area contributed by atoms with Crippen LogP contribution in [0.15, 0.2) is 6.20 Å². The Labute approximate surface area is 97.0 Å². The summed E-state index contributed by atoms with van der Waals surface area (Å²) in [6.07, 6.45) is 4.14. The van der Waals surface area contributed by atoms with Crippen LogP contribution in [-0.4, -0.2) is 28.1 Å². The molecule has 0 aliphatic carbocycles. The van der Waals surface area contributed by atoms with Crippen LogP contribution in [0.3, 0.4) is 0 Å². The molecule has 1 aromatic heterocycles. The number of piperidine rings is 1. The SMILES string of the molecule is Cl.Ic1cnnn1C1CCNCC1. The van der Waals surface area contributed by atoms with Crippen molar-refractivity contribution in [2.45, 2.75) is 18.9 Å². The molecule has 2 heterocycles. The number of nitrogens with zero attached hydrogens (tertiary/aromatic N) is 3. The van der Waals surface area contributed by atoms with Crippen LogP contribution >= 0.6 is 35.0 Å². The molecule has 0 bridgehead atoms. The monoisotopic (exact) mass is 314 g/mol. The van der Waals surface area contributed by atoms with Gasteiger partial charge < -0.3 is 5.32 Å². The molecule has 1 aromatic rings. The van der Waals surface area contributed by atoms with Gasteiger partial charge >= 0.3 is 0 Å². The van der Waals surface area contributed by atoms with Gasteiger partial charge in [-0.15, -0.1) is 17.5 Å². The zero-order chi connectivity index (χ0) is 8.39. The molecule has 2 rings (SSSR count). The molecule has 74 valence electrons. The van der Waals surface area contributed by atoms with Gasteiger partial charge in [-0.2, -0.15) is 0 Å². The van der Waals surface area contributed by atoms with E-state index in [1.54, 1.807) is 0 Å². The lowest BCUT2D eigenvalue weighted by Crippen LogP contribution is -2.30. The molecule has 0 atom stereocenters. The van der Waals surface area contributed by atoms with E-state index < -0.39 is 0 Å². The first-order valence-electron chi connectivity index (χ1n) is 4.14. The van der Waals surface area contributed by atoms with Crippen LogP contribution in [0.2, 0.25) is 0 Å². The second-order valence-electron chi connectivity index (χ2n) is 2.98. The Bertz CT molecular complexity index is 259. The summed E-state index contributed by atoms with van der Waals surface area (Å²) in [6.45, 7) is 2.20. The number of halogens is 2. The van der Waals surface area contributed by atoms with Gasteiger partial charge in [-0.05, 0) is 48.5 Å². The Kier molecular flexibility index (Phi) is 4.40. The second-order valence-corrected chi connectivity index (χ2v) is 4.09. The number of hydrogen-bond donors (Lipinski definition) is 1. The molecule has 13 heavy (non-hydrogen) atoms. The summed E-state index contributed by atoms with van der Waals surface area (Å²) >= 11 is 2.28. The summed E-state index contributed by atoms with van der Waals surface area (Å²) in [6, 6.07) is 0.556. The molecule has 1 N–H and O–H groups in total. The molecular weight excluding hydrogens is 302 g/mol. The van der Waals surface area contributed by atoms with Crippen molar-refractivity contribution in [3.8, 4) is 0 Å². The van der Waals surface area contributed by atoms with Gasteiger partial charge in [0, 0.05) is 0 Å². The fourth-order valence-electron chi connectivity index (χ4n) is 1.53. The molecule has 0 aromatic carbocycles. The number of aromatic nitrogens is 3. The van der Waals surface area contributed by atoms with Crippen molar-refractivity contribution >= 4 is 35.0 Å². The van der Waals surface area contributed by atoms with Gasteiger partial charge in [0.15, 0.2) is 0 Å². The minimum absolute atomic E-state index is 0. The van der Waals surface area contributed by atoms with E-state index in [0.717, 1.165) is 16.8 Å². The molecule has 1 saturated heterocycles. The van der Waals surface area contributed by atoms with Crippen LogP contribution in [0.1, 0.15) is 18.9 Å². The van der Waals surface area contributed by atoms with Gasteiger partial charge in [-0.1, -0.05) is 5.21 Å². The molecule has 1 aliphatic heterocycles. The second kappa shape index (κ2) is 5.11. The Hall–Kier alpha value is 0.120. The molecular formula is C7H12ClIN4. The summed E-state index contributed by atoms with van der Waals surface area (Å²) in [4.78, 5) is 0. The van der Waals surface area contributed by atoms with Gasteiger partial charge in [-0.3, -0.25) is 0 Å². The van der Waals surface area contributed by atoms with Crippen LogP contribution in [0.5, 0.6) is 0 Å². The van der Waals surface area contributed by atoms with Crippen molar-refractivity contribution in [1.82, 2.24) is 20.3 Å². The van der Waals surface area contributed by atoms with Gasteiger partial charge in [0.25, 0.3) is 0 Å². The third-order valence-electron chi connectivity index (χ3n) is 2.19. The van der Waals surface area contributed by atoms with Gasteiger partial charge in [0.2, 0.25) is 0 Å². The highest BCUT2D eigenvalue weighted by atomic mass is 127. The highest BCUT2D eigenvalue weighted by Gasteiger charge is 2.17. The summed E-state index contributed by atoms with van der Waals surface area (Å²) in [7, 11) is 0. The lowest BCUT2D eigenvalue weighted by Gasteiger charge is -2.22. The zero-order valence-electron chi connectivity index (χ0n) is 7.11. The van der Waals surface area contributed by atoms with E-state index in [1.165, 1.54) is 12.8 Å². The normalized spacial score (nSPS) is 18.2. The molecule has 0 radical (unpaired) electrons. The molecule has 1 fully saturated rings. The Morgan fingerprint density at radius 2 is 2.15 bits per heavy atom. The fraction of sp³-hybridized carbons (Fsp3) is 0.714. The number of hydrogen-bond acceptors (Lipinski definition) is 3. The molecule has 4 nitrogen and oxygen atoms in total. The van der Waals surface area contributed by atoms with Crippen molar-refractivity contribution in [3.63, 3.8) is 0 Å². The Morgan fingerprint density at radius 3 is 2.69 bits per heavy atom. The highest BCUT2D eigenvalue weighted by molar-refractivity contribution is 14.1. The van der Waals surface area contributed by atoms with E-state index in [9.17, 15) is 0 Å². The summed E-state index contributed by atoms with van der Waals surface area (Å²) in [5, 5.41) is 11.3. The van der Waals surface area contributed by atoms with E-state index >= 15 is 0 Å². The maximum Gasteiger partial charge on any atom is 0.119 e. The third-order valence-corrected chi connectivity index (χ3v) is 2.96. The summed E-state index contributed by atoms with van der Waals surface area (Å²) in [5.74, 6) is 0. The third kappa shape index (κ3) is 2.54. The quantitative estimate of drug-likeness (QED) is 0.793. The van der Waals surface area contributed by atoms with Gasteiger partial charge in [-0.25, -0.2) is 4.68 Å². The van der Waals surface area contributed by atoms with E-state index in [1.807, 2.05) is 10.9 Å². The maximum absolute atomic E-state index is 4.07. The first kappa shape index (κ1) is 11.2. The lowest BCUT2D eigenvalue weighted by atomic mass is 10.1. The average molecular weight is 315 g/mol. The van der Waals surface area contributed by atoms with Crippen LogP contribution in [-0.2, 0) is 0 Å². The van der Waals surface area contributed by atoms with Crippen LogP contribution in [0.4, 0.5) is 0 Å². The lowest BCUT2D eigenvalue weighted by molar-refractivity contribution is 0.332. The summed E-state index contributed by atoms with van der Waals surface area (Å²) < 4.78 is 3.17. The predicted octanol–water partition coefficient (Wildman–Crippen LogP) is 1.23. The van der Waals surface area contributed by atoms with E-state index in [2.05, 4.69) is 38.2 Å². The van der Waals surface area contributed by atoms with Crippen molar-refractivity contribution in [2.24, 2.45) is 0 Å². The minimum Gasteiger partial charge on any atom is -0.317 e. The van der Waals surface area contributed by atoms with Crippen molar-refractivity contribution in [1.29, 1.82) is 0 Å². The molecule has 0 amide bonds. The number of nitrogens with one attached hydrogen (secondary N) is 1. The fourth-order valence-corrected chi connectivity index (χ4v) is 2.14. The standard InChI is InChI=1S/C7H11IN4.ClH/c8-7-5-10-11-12(7)6-1-3-9-4-2-6;/h5-6,9H,1-4H2;1H. The first-order chi connectivity index (χ1) is 5.88. The van der Waals surface area contributed by atoms with E-state index in [0.29, 0.717) is 6.04 Å². The van der Waals surface area contributed by atoms with E-state index in [4.69, 9.17) is 0 Å². The predicted molar refractivity (Wildman–Crippen MR) is 61.1 cm³/mol. The van der Waals surface area contributed by atoms with Crippen LogP contribution in [0.25, 0.3) is 0 Å². The topological polar surface area (TPSA) is 42.7 Å². The van der Waals surface area contributed by atoms with Crippen molar-refractivity contribution < 1.29 is 0 Å². The average Bonchev–Trinajstić information content (AvgIpc) is 2.53. The molecule has 0 saturated carbocycles. The number of rotatable bonds is 1. The Morgan fingerprint density at radius 1 is 1.46 bits per heavy atom. The van der Waals surface area contributed by atoms with Crippen molar-refractivity contribution in [3.05, 3.63) is 9.90 Å².